The zero-order chi connectivity index (χ0) is 14.5. The predicted octanol–water partition coefficient (Wildman–Crippen LogP) is 1.86. The summed E-state index contributed by atoms with van der Waals surface area (Å²) >= 11 is 1.58. The minimum atomic E-state index is -2.90. The van der Waals surface area contributed by atoms with Crippen LogP contribution in [0.5, 0.6) is 5.75 Å². The van der Waals surface area contributed by atoms with Crippen molar-refractivity contribution in [2.45, 2.75) is 18.2 Å². The summed E-state index contributed by atoms with van der Waals surface area (Å²) in [6.07, 6.45) is 1.25. The highest BCUT2D eigenvalue weighted by molar-refractivity contribution is 8.01. The lowest BCUT2D eigenvalue weighted by Crippen LogP contribution is -2.22. The van der Waals surface area contributed by atoms with Crippen molar-refractivity contribution in [3.8, 4) is 5.75 Å². The maximum Gasteiger partial charge on any atom is 0.148 e. The molecule has 0 amide bonds. The van der Waals surface area contributed by atoms with E-state index in [1.165, 1.54) is 6.26 Å². The Balaban J connectivity index is 2.53. The first-order chi connectivity index (χ1) is 8.83. The normalized spacial score (nSPS) is 14.9. The Bertz CT molecular complexity index is 485. The first kappa shape index (κ1) is 16.3. The average molecular weight is 303 g/mol. The van der Waals surface area contributed by atoms with Gasteiger partial charge in [0.05, 0.1) is 12.9 Å². The molecule has 108 valence electrons. The van der Waals surface area contributed by atoms with Gasteiger partial charge in [0.25, 0.3) is 0 Å². The van der Waals surface area contributed by atoms with Crippen molar-refractivity contribution in [2.24, 2.45) is 5.73 Å². The summed E-state index contributed by atoms with van der Waals surface area (Å²) in [7, 11) is -1.27. The topological polar surface area (TPSA) is 69.4 Å². The number of methoxy groups -OCH3 is 1. The fraction of sp³-hybridized carbons (Fsp3) is 0.538. The molecule has 19 heavy (non-hydrogen) atoms. The van der Waals surface area contributed by atoms with Crippen LogP contribution in [0.4, 0.5) is 0 Å². The number of thioether (sulfide) groups is 1. The van der Waals surface area contributed by atoms with Gasteiger partial charge in [-0.15, -0.1) is 0 Å². The van der Waals surface area contributed by atoms with Gasteiger partial charge in [-0.1, -0.05) is 19.1 Å². The molecule has 0 aromatic heterocycles. The Morgan fingerprint density at radius 2 is 1.89 bits per heavy atom. The molecule has 6 heteroatoms. The summed E-state index contributed by atoms with van der Waals surface area (Å²) < 4.78 is 27.2. The highest BCUT2D eigenvalue weighted by atomic mass is 32.2. The van der Waals surface area contributed by atoms with E-state index in [1.807, 2.05) is 31.2 Å². The number of ether oxygens (including phenoxy) is 1. The fourth-order valence-corrected chi connectivity index (χ4v) is 3.92. The molecule has 1 aromatic rings. The van der Waals surface area contributed by atoms with Crippen molar-refractivity contribution in [1.29, 1.82) is 0 Å². The van der Waals surface area contributed by atoms with Crippen LogP contribution in [-0.4, -0.2) is 38.5 Å². The SMILES string of the molecule is COc1ccc(C(N)C(C)SCCS(C)(=O)=O)cc1. The Morgan fingerprint density at radius 3 is 2.37 bits per heavy atom. The third-order valence-electron chi connectivity index (χ3n) is 2.84. The highest BCUT2D eigenvalue weighted by Crippen LogP contribution is 2.25. The van der Waals surface area contributed by atoms with Gasteiger partial charge in [-0.2, -0.15) is 11.8 Å². The van der Waals surface area contributed by atoms with Gasteiger partial charge in [-0.05, 0) is 17.7 Å². The van der Waals surface area contributed by atoms with Gasteiger partial charge in [-0.3, -0.25) is 0 Å². The zero-order valence-electron chi connectivity index (χ0n) is 11.5. The number of benzene rings is 1. The van der Waals surface area contributed by atoms with Crippen molar-refractivity contribution in [3.05, 3.63) is 29.8 Å². The second kappa shape index (κ2) is 7.17. The van der Waals surface area contributed by atoms with E-state index in [4.69, 9.17) is 10.5 Å². The molecule has 2 N–H and O–H groups in total. The number of hydrogen-bond acceptors (Lipinski definition) is 5. The van der Waals surface area contributed by atoms with Crippen LogP contribution in [-0.2, 0) is 9.84 Å². The molecule has 0 heterocycles. The van der Waals surface area contributed by atoms with E-state index in [0.29, 0.717) is 5.75 Å². The second-order valence-corrected chi connectivity index (χ2v) is 8.25. The fourth-order valence-electron chi connectivity index (χ4n) is 1.59. The summed E-state index contributed by atoms with van der Waals surface area (Å²) in [5, 5.41) is 0.162. The van der Waals surface area contributed by atoms with Crippen molar-refractivity contribution in [2.75, 3.05) is 24.9 Å². The van der Waals surface area contributed by atoms with Crippen molar-refractivity contribution < 1.29 is 13.2 Å². The number of sulfone groups is 1. The summed E-state index contributed by atoms with van der Waals surface area (Å²) in [6.45, 7) is 2.02. The molecule has 0 bridgehead atoms. The third-order valence-corrected chi connectivity index (χ3v) is 5.30. The summed E-state index contributed by atoms with van der Waals surface area (Å²) in [5.74, 6) is 1.56. The minimum Gasteiger partial charge on any atom is -0.497 e. The van der Waals surface area contributed by atoms with Gasteiger partial charge in [0, 0.05) is 23.3 Å². The highest BCUT2D eigenvalue weighted by Gasteiger charge is 2.16. The first-order valence-electron chi connectivity index (χ1n) is 6.02. The van der Waals surface area contributed by atoms with E-state index < -0.39 is 9.84 Å². The third kappa shape index (κ3) is 5.84. The average Bonchev–Trinajstić information content (AvgIpc) is 2.36. The molecule has 0 aliphatic heterocycles. The molecular weight excluding hydrogens is 282 g/mol. The van der Waals surface area contributed by atoms with Crippen LogP contribution in [0.3, 0.4) is 0 Å². The smallest absolute Gasteiger partial charge is 0.148 e. The van der Waals surface area contributed by atoms with Crippen LogP contribution < -0.4 is 10.5 Å². The molecule has 0 aliphatic rings. The molecule has 0 aliphatic carbocycles. The summed E-state index contributed by atoms with van der Waals surface area (Å²) in [4.78, 5) is 0. The van der Waals surface area contributed by atoms with Crippen molar-refractivity contribution in [1.82, 2.24) is 0 Å². The largest absolute Gasteiger partial charge is 0.497 e. The van der Waals surface area contributed by atoms with Crippen LogP contribution >= 0.6 is 11.8 Å². The Morgan fingerprint density at radius 1 is 1.32 bits per heavy atom. The van der Waals surface area contributed by atoms with Crippen LogP contribution in [0.15, 0.2) is 24.3 Å². The van der Waals surface area contributed by atoms with Crippen LogP contribution in [0.1, 0.15) is 18.5 Å². The van der Waals surface area contributed by atoms with Gasteiger partial charge < -0.3 is 10.5 Å². The lowest BCUT2D eigenvalue weighted by atomic mass is 10.1. The minimum absolute atomic E-state index is 0.115. The zero-order valence-corrected chi connectivity index (χ0v) is 13.1. The Labute approximate surface area is 119 Å². The number of nitrogens with two attached hydrogens (primary N) is 1. The molecule has 0 fully saturated rings. The second-order valence-electron chi connectivity index (χ2n) is 4.50. The molecule has 4 nitrogen and oxygen atoms in total. The molecule has 1 aromatic carbocycles. The Kier molecular flexibility index (Phi) is 6.16. The van der Waals surface area contributed by atoms with Gasteiger partial charge in [0.1, 0.15) is 15.6 Å². The lowest BCUT2D eigenvalue weighted by Gasteiger charge is -2.20. The molecule has 0 radical (unpaired) electrons. The molecular formula is C13H21NO3S2. The van der Waals surface area contributed by atoms with E-state index in [1.54, 1.807) is 18.9 Å². The standard InChI is InChI=1S/C13H21NO3S2/c1-10(18-8-9-19(3,15)16)13(14)11-4-6-12(17-2)7-5-11/h4-7,10,13H,8-9,14H2,1-3H3. The lowest BCUT2D eigenvalue weighted by molar-refractivity contribution is 0.414. The van der Waals surface area contributed by atoms with Gasteiger partial charge in [-0.25, -0.2) is 8.42 Å². The molecule has 2 unspecified atom stereocenters. The maximum absolute atomic E-state index is 11.1. The van der Waals surface area contributed by atoms with Gasteiger partial charge in [0.2, 0.25) is 0 Å². The molecule has 1 rings (SSSR count). The van der Waals surface area contributed by atoms with Crippen molar-refractivity contribution in [3.63, 3.8) is 0 Å². The molecule has 2 atom stereocenters. The van der Waals surface area contributed by atoms with Gasteiger partial charge in [0.15, 0.2) is 0 Å². The molecule has 0 saturated carbocycles. The van der Waals surface area contributed by atoms with Gasteiger partial charge >= 0.3 is 0 Å². The Hall–Kier alpha value is -0.720. The van der Waals surface area contributed by atoms with E-state index in [2.05, 4.69) is 0 Å². The van der Waals surface area contributed by atoms with Crippen LogP contribution in [0, 0.1) is 0 Å². The quantitative estimate of drug-likeness (QED) is 0.832. The van der Waals surface area contributed by atoms with E-state index >= 15 is 0 Å². The predicted molar refractivity (Wildman–Crippen MR) is 81.6 cm³/mol. The summed E-state index contributed by atoms with van der Waals surface area (Å²) in [6, 6.07) is 7.52. The maximum atomic E-state index is 11.1. The van der Waals surface area contributed by atoms with Crippen molar-refractivity contribution >= 4 is 21.6 Å². The van der Waals surface area contributed by atoms with E-state index in [0.717, 1.165) is 11.3 Å². The van der Waals surface area contributed by atoms with Crippen LogP contribution in [0.25, 0.3) is 0 Å². The monoisotopic (exact) mass is 303 g/mol. The van der Waals surface area contributed by atoms with Crippen LogP contribution in [0.2, 0.25) is 0 Å². The first-order valence-corrected chi connectivity index (χ1v) is 9.13. The number of hydrogen-bond donors (Lipinski definition) is 1. The van der Waals surface area contributed by atoms with E-state index in [-0.39, 0.29) is 17.0 Å². The van der Waals surface area contributed by atoms with E-state index in [9.17, 15) is 8.42 Å². The molecule has 0 saturated heterocycles. The summed E-state index contributed by atoms with van der Waals surface area (Å²) in [5.41, 5.74) is 7.20. The number of rotatable bonds is 7. The molecule has 0 spiro atoms.